The van der Waals surface area contributed by atoms with Crippen molar-refractivity contribution in [2.24, 2.45) is 0 Å². The molecule has 0 aliphatic rings. The standard InChI is InChI=1S/C20H26N2O3/c1-24-15-16-25-14-10-20(23)22(17-19-7-11-21-12-8-19)13-9-18-5-3-2-4-6-18/h2-8,11-12H,9-10,13-17H2,1H3. The number of benzene rings is 1. The van der Waals surface area contributed by atoms with E-state index in [0.29, 0.717) is 39.3 Å². The Bertz CT molecular complexity index is 605. The first-order chi connectivity index (χ1) is 12.3. The predicted molar refractivity (Wildman–Crippen MR) is 97.1 cm³/mol. The van der Waals surface area contributed by atoms with Gasteiger partial charge in [-0.2, -0.15) is 0 Å². The fraction of sp³-hybridized carbons (Fsp3) is 0.400. The summed E-state index contributed by atoms with van der Waals surface area (Å²) in [5.74, 6) is 0.102. The normalized spacial score (nSPS) is 10.6. The van der Waals surface area contributed by atoms with Gasteiger partial charge in [0.25, 0.3) is 0 Å². The van der Waals surface area contributed by atoms with Gasteiger partial charge in [-0.25, -0.2) is 0 Å². The molecule has 0 atom stereocenters. The van der Waals surface area contributed by atoms with Crippen molar-refractivity contribution in [2.45, 2.75) is 19.4 Å². The van der Waals surface area contributed by atoms with Gasteiger partial charge in [0.05, 0.1) is 26.2 Å². The minimum absolute atomic E-state index is 0.102. The lowest BCUT2D eigenvalue weighted by molar-refractivity contribution is -0.133. The Hall–Kier alpha value is -2.24. The lowest BCUT2D eigenvalue weighted by Crippen LogP contribution is -2.33. The van der Waals surface area contributed by atoms with Crippen LogP contribution < -0.4 is 0 Å². The van der Waals surface area contributed by atoms with Gasteiger partial charge in [0.2, 0.25) is 5.91 Å². The molecule has 1 amide bonds. The molecule has 0 aliphatic carbocycles. The third-order valence-corrected chi connectivity index (χ3v) is 3.88. The van der Waals surface area contributed by atoms with Crippen LogP contribution in [0.4, 0.5) is 0 Å². The highest BCUT2D eigenvalue weighted by Gasteiger charge is 2.14. The highest BCUT2D eigenvalue weighted by Crippen LogP contribution is 2.08. The largest absolute Gasteiger partial charge is 0.382 e. The molecule has 0 saturated heterocycles. The van der Waals surface area contributed by atoms with E-state index < -0.39 is 0 Å². The first-order valence-electron chi connectivity index (χ1n) is 8.57. The van der Waals surface area contributed by atoms with E-state index >= 15 is 0 Å². The minimum atomic E-state index is 0.102. The second kappa shape index (κ2) is 11.3. The lowest BCUT2D eigenvalue weighted by atomic mass is 10.1. The Balaban J connectivity index is 1.89. The third kappa shape index (κ3) is 7.45. The molecule has 1 aromatic carbocycles. The first kappa shape index (κ1) is 19.1. The summed E-state index contributed by atoms with van der Waals surface area (Å²) >= 11 is 0. The summed E-state index contributed by atoms with van der Waals surface area (Å²) < 4.78 is 10.4. The van der Waals surface area contributed by atoms with Gasteiger partial charge in [-0.3, -0.25) is 9.78 Å². The summed E-state index contributed by atoms with van der Waals surface area (Å²) in [5, 5.41) is 0. The number of pyridine rings is 1. The van der Waals surface area contributed by atoms with E-state index in [1.54, 1.807) is 19.5 Å². The summed E-state index contributed by atoms with van der Waals surface area (Å²) in [7, 11) is 1.63. The molecule has 25 heavy (non-hydrogen) atoms. The van der Waals surface area contributed by atoms with Crippen LogP contribution in [0.2, 0.25) is 0 Å². The molecule has 5 nitrogen and oxygen atoms in total. The van der Waals surface area contributed by atoms with E-state index in [-0.39, 0.29) is 5.91 Å². The van der Waals surface area contributed by atoms with Crippen LogP contribution >= 0.6 is 0 Å². The number of amides is 1. The van der Waals surface area contributed by atoms with Crippen LogP contribution in [0.25, 0.3) is 0 Å². The monoisotopic (exact) mass is 342 g/mol. The number of nitrogens with zero attached hydrogens (tertiary/aromatic N) is 2. The fourth-order valence-corrected chi connectivity index (χ4v) is 2.47. The molecule has 5 heteroatoms. The van der Waals surface area contributed by atoms with Crippen LogP contribution in [0.5, 0.6) is 0 Å². The Morgan fingerprint density at radius 3 is 2.48 bits per heavy atom. The molecule has 0 radical (unpaired) electrons. The van der Waals surface area contributed by atoms with Gasteiger partial charge in [0.15, 0.2) is 0 Å². The number of ether oxygens (including phenoxy) is 2. The van der Waals surface area contributed by atoms with Crippen molar-refractivity contribution in [1.82, 2.24) is 9.88 Å². The number of aromatic nitrogens is 1. The van der Waals surface area contributed by atoms with Gasteiger partial charge in [0, 0.05) is 32.6 Å². The SMILES string of the molecule is COCCOCCC(=O)N(CCc1ccccc1)Cc1ccncc1. The Labute approximate surface area is 149 Å². The molecule has 0 bridgehead atoms. The zero-order valence-electron chi connectivity index (χ0n) is 14.8. The quantitative estimate of drug-likeness (QED) is 0.589. The molecule has 2 aromatic rings. The number of methoxy groups -OCH3 is 1. The molecule has 0 N–H and O–H groups in total. The van der Waals surface area contributed by atoms with E-state index in [2.05, 4.69) is 17.1 Å². The Kier molecular flexibility index (Phi) is 8.66. The molecule has 0 fully saturated rings. The maximum absolute atomic E-state index is 12.6. The smallest absolute Gasteiger partial charge is 0.225 e. The average molecular weight is 342 g/mol. The van der Waals surface area contributed by atoms with Crippen molar-refractivity contribution >= 4 is 5.91 Å². The van der Waals surface area contributed by atoms with Crippen LogP contribution in [-0.4, -0.2) is 49.3 Å². The Morgan fingerprint density at radius 2 is 1.76 bits per heavy atom. The van der Waals surface area contributed by atoms with Gasteiger partial charge in [-0.05, 0) is 29.7 Å². The van der Waals surface area contributed by atoms with E-state index in [9.17, 15) is 4.79 Å². The van der Waals surface area contributed by atoms with Crippen LogP contribution in [0.15, 0.2) is 54.9 Å². The number of hydrogen-bond donors (Lipinski definition) is 0. The Morgan fingerprint density at radius 1 is 1.00 bits per heavy atom. The molecule has 0 saturated carbocycles. The molecule has 2 rings (SSSR count). The number of carbonyl (C=O) groups is 1. The van der Waals surface area contributed by atoms with E-state index in [1.165, 1.54) is 5.56 Å². The molecule has 0 unspecified atom stereocenters. The topological polar surface area (TPSA) is 51.7 Å². The number of rotatable bonds is 11. The molecular formula is C20H26N2O3. The van der Waals surface area contributed by atoms with Crippen molar-refractivity contribution in [1.29, 1.82) is 0 Å². The van der Waals surface area contributed by atoms with Crippen molar-refractivity contribution < 1.29 is 14.3 Å². The van der Waals surface area contributed by atoms with Crippen molar-refractivity contribution in [3.8, 4) is 0 Å². The minimum Gasteiger partial charge on any atom is -0.382 e. The average Bonchev–Trinajstić information content (AvgIpc) is 2.66. The molecular weight excluding hydrogens is 316 g/mol. The van der Waals surface area contributed by atoms with Gasteiger partial charge in [-0.1, -0.05) is 30.3 Å². The van der Waals surface area contributed by atoms with Crippen LogP contribution in [0, 0.1) is 0 Å². The van der Waals surface area contributed by atoms with Gasteiger partial charge in [-0.15, -0.1) is 0 Å². The summed E-state index contributed by atoms with van der Waals surface area (Å²) in [5.41, 5.74) is 2.31. The van der Waals surface area contributed by atoms with Crippen LogP contribution in [-0.2, 0) is 27.2 Å². The molecule has 1 heterocycles. The summed E-state index contributed by atoms with van der Waals surface area (Å²) in [6.07, 6.45) is 4.72. The number of carbonyl (C=O) groups excluding carboxylic acids is 1. The molecule has 1 aromatic heterocycles. The van der Waals surface area contributed by atoms with E-state index in [4.69, 9.17) is 9.47 Å². The summed E-state index contributed by atoms with van der Waals surface area (Å²) in [6, 6.07) is 14.1. The molecule has 0 spiro atoms. The van der Waals surface area contributed by atoms with E-state index in [1.807, 2.05) is 35.2 Å². The zero-order valence-corrected chi connectivity index (χ0v) is 14.8. The highest BCUT2D eigenvalue weighted by atomic mass is 16.5. The zero-order chi connectivity index (χ0) is 17.7. The third-order valence-electron chi connectivity index (χ3n) is 3.88. The predicted octanol–water partition coefficient (Wildman–Crippen LogP) is 2.71. The van der Waals surface area contributed by atoms with Crippen LogP contribution in [0.1, 0.15) is 17.5 Å². The second-order valence-corrected chi connectivity index (χ2v) is 5.76. The maximum Gasteiger partial charge on any atom is 0.225 e. The van der Waals surface area contributed by atoms with Gasteiger partial charge in [0.1, 0.15) is 0 Å². The number of hydrogen-bond acceptors (Lipinski definition) is 4. The van der Waals surface area contributed by atoms with Crippen molar-refractivity contribution in [3.63, 3.8) is 0 Å². The molecule has 134 valence electrons. The van der Waals surface area contributed by atoms with Crippen molar-refractivity contribution in [2.75, 3.05) is 33.5 Å². The molecule has 0 aliphatic heterocycles. The van der Waals surface area contributed by atoms with E-state index in [0.717, 1.165) is 12.0 Å². The fourth-order valence-electron chi connectivity index (χ4n) is 2.47. The highest BCUT2D eigenvalue weighted by molar-refractivity contribution is 5.76. The summed E-state index contributed by atoms with van der Waals surface area (Å²) in [6.45, 7) is 2.75. The van der Waals surface area contributed by atoms with Crippen molar-refractivity contribution in [3.05, 3.63) is 66.0 Å². The van der Waals surface area contributed by atoms with Gasteiger partial charge < -0.3 is 14.4 Å². The van der Waals surface area contributed by atoms with Crippen LogP contribution in [0.3, 0.4) is 0 Å². The lowest BCUT2D eigenvalue weighted by Gasteiger charge is -2.23. The van der Waals surface area contributed by atoms with Gasteiger partial charge >= 0.3 is 0 Å². The summed E-state index contributed by atoms with van der Waals surface area (Å²) in [4.78, 5) is 18.5. The second-order valence-electron chi connectivity index (χ2n) is 5.76. The first-order valence-corrected chi connectivity index (χ1v) is 8.57. The maximum atomic E-state index is 12.6.